The van der Waals surface area contributed by atoms with Gasteiger partial charge in [0, 0.05) is 25.7 Å². The predicted octanol–water partition coefficient (Wildman–Crippen LogP) is 22.5. The number of phosphoric ester groups is 2. The van der Waals surface area contributed by atoms with Gasteiger partial charge in [-0.25, -0.2) is 9.13 Å². The van der Waals surface area contributed by atoms with Gasteiger partial charge in [-0.1, -0.05) is 349 Å². The highest BCUT2D eigenvalue weighted by Gasteiger charge is 2.30. The number of hydrogen-bond acceptors (Lipinski definition) is 15. The molecule has 0 aliphatic rings. The Kier molecular flexibility index (Phi) is 67.7. The zero-order valence-corrected chi connectivity index (χ0v) is 63.6. The summed E-state index contributed by atoms with van der Waals surface area (Å²) < 4.78 is 68.4. The third kappa shape index (κ3) is 70.3. The summed E-state index contributed by atoms with van der Waals surface area (Å²) in [4.78, 5) is 72.7. The number of carbonyl (C=O) groups is 4. The summed E-state index contributed by atoms with van der Waals surface area (Å²) in [6.07, 6.45) is 58.4. The lowest BCUT2D eigenvalue weighted by molar-refractivity contribution is -0.161. The maximum absolute atomic E-state index is 13.1. The first-order valence-corrected chi connectivity index (χ1v) is 42.6. The molecule has 3 N–H and O–H groups in total. The molecule has 0 saturated carbocycles. The van der Waals surface area contributed by atoms with Gasteiger partial charge < -0.3 is 33.8 Å². The maximum Gasteiger partial charge on any atom is 0.472 e. The molecule has 0 aromatic carbocycles. The second-order valence-corrected chi connectivity index (χ2v) is 30.8. The molecule has 0 aliphatic carbocycles. The van der Waals surface area contributed by atoms with E-state index >= 15 is 0 Å². The maximum atomic E-state index is 13.1. The number of carbonyl (C=O) groups excluding carboxylic acids is 4. The second-order valence-electron chi connectivity index (χ2n) is 27.9. The van der Waals surface area contributed by atoms with Gasteiger partial charge in [-0.05, 0) is 31.6 Å². The van der Waals surface area contributed by atoms with E-state index in [2.05, 4.69) is 34.6 Å². The Hall–Kier alpha value is -1.94. The number of phosphoric acid groups is 2. The van der Waals surface area contributed by atoms with Crippen LogP contribution in [0.25, 0.3) is 0 Å². The van der Waals surface area contributed by atoms with Crippen molar-refractivity contribution in [1.82, 2.24) is 0 Å². The van der Waals surface area contributed by atoms with Crippen molar-refractivity contribution in [3.05, 3.63) is 0 Å². The van der Waals surface area contributed by atoms with Crippen molar-refractivity contribution >= 4 is 39.5 Å². The van der Waals surface area contributed by atoms with Crippen LogP contribution in [0.1, 0.15) is 401 Å². The first-order valence-electron chi connectivity index (χ1n) is 39.6. The van der Waals surface area contributed by atoms with Crippen molar-refractivity contribution in [2.24, 2.45) is 5.92 Å². The molecule has 2 unspecified atom stereocenters. The van der Waals surface area contributed by atoms with Crippen molar-refractivity contribution in [2.75, 3.05) is 39.6 Å². The Bertz CT molecular complexity index is 1820. The lowest BCUT2D eigenvalue weighted by atomic mass is 10.0. The van der Waals surface area contributed by atoms with Crippen LogP contribution in [0.5, 0.6) is 0 Å². The summed E-state index contributed by atoms with van der Waals surface area (Å²) in [6.45, 7) is 7.25. The largest absolute Gasteiger partial charge is 0.472 e. The molecule has 0 heterocycles. The Balaban J connectivity index is 5.16. The van der Waals surface area contributed by atoms with Gasteiger partial charge in [0.1, 0.15) is 19.3 Å². The summed E-state index contributed by atoms with van der Waals surface area (Å²) in [5.74, 6) is -1.37. The molecular weight excluding hydrogens is 1250 g/mol. The van der Waals surface area contributed by atoms with Gasteiger partial charge >= 0.3 is 39.5 Å². The molecule has 0 aromatic rings. The summed E-state index contributed by atoms with van der Waals surface area (Å²) >= 11 is 0. The van der Waals surface area contributed by atoms with Crippen LogP contribution in [0.3, 0.4) is 0 Å². The monoisotopic (exact) mass is 1400 g/mol. The van der Waals surface area contributed by atoms with Crippen LogP contribution in [0.4, 0.5) is 0 Å². The summed E-state index contributed by atoms with van der Waals surface area (Å²) in [6, 6.07) is 0. The fraction of sp³-hybridized carbons (Fsp3) is 0.947. The minimum Gasteiger partial charge on any atom is -0.462 e. The molecule has 19 heteroatoms. The third-order valence-corrected chi connectivity index (χ3v) is 19.7. The van der Waals surface area contributed by atoms with Gasteiger partial charge in [-0.2, -0.15) is 0 Å². The van der Waals surface area contributed by atoms with Crippen LogP contribution in [0.15, 0.2) is 0 Å². The molecule has 0 aliphatic heterocycles. The number of unbranched alkanes of at least 4 members (excludes halogenated alkanes) is 48. The first-order chi connectivity index (χ1) is 46.0. The fourth-order valence-corrected chi connectivity index (χ4v) is 13.3. The van der Waals surface area contributed by atoms with Crippen LogP contribution < -0.4 is 0 Å². The molecule has 564 valence electrons. The molecular formula is C76H148O17P2. The molecule has 0 spiro atoms. The predicted molar refractivity (Wildman–Crippen MR) is 386 cm³/mol. The lowest BCUT2D eigenvalue weighted by Crippen LogP contribution is -2.30. The van der Waals surface area contributed by atoms with Crippen LogP contribution in [-0.2, 0) is 65.4 Å². The minimum atomic E-state index is -4.96. The Morgan fingerprint density at radius 3 is 0.716 bits per heavy atom. The summed E-state index contributed by atoms with van der Waals surface area (Å²) in [5.41, 5.74) is 0. The van der Waals surface area contributed by atoms with Gasteiger partial charge in [0.25, 0.3) is 0 Å². The smallest absolute Gasteiger partial charge is 0.462 e. The van der Waals surface area contributed by atoms with Gasteiger partial charge in [0.2, 0.25) is 0 Å². The molecule has 0 saturated heterocycles. The van der Waals surface area contributed by atoms with E-state index in [1.54, 1.807) is 0 Å². The molecule has 0 radical (unpaired) electrons. The molecule has 0 amide bonds. The van der Waals surface area contributed by atoms with Crippen LogP contribution >= 0.6 is 15.6 Å². The van der Waals surface area contributed by atoms with Crippen LogP contribution in [0.2, 0.25) is 0 Å². The number of esters is 4. The van der Waals surface area contributed by atoms with E-state index in [-0.39, 0.29) is 25.7 Å². The number of aliphatic hydroxyl groups excluding tert-OH is 1. The normalized spacial score (nSPS) is 13.9. The van der Waals surface area contributed by atoms with E-state index in [9.17, 15) is 43.2 Å². The van der Waals surface area contributed by atoms with Crippen LogP contribution in [0, 0.1) is 5.92 Å². The fourth-order valence-electron chi connectivity index (χ4n) is 11.7. The van der Waals surface area contributed by atoms with E-state index in [4.69, 9.17) is 37.0 Å². The zero-order valence-electron chi connectivity index (χ0n) is 61.8. The first kappa shape index (κ1) is 93.1. The van der Waals surface area contributed by atoms with E-state index in [0.717, 1.165) is 95.8 Å². The van der Waals surface area contributed by atoms with Gasteiger partial charge in [-0.3, -0.25) is 37.3 Å². The average molecular weight is 1400 g/mol. The lowest BCUT2D eigenvalue weighted by Gasteiger charge is -2.21. The highest BCUT2D eigenvalue weighted by atomic mass is 31.2. The molecule has 5 atom stereocenters. The Labute approximate surface area is 581 Å². The molecule has 17 nitrogen and oxygen atoms in total. The number of ether oxygens (including phenoxy) is 4. The molecule has 0 aromatic heterocycles. The van der Waals surface area contributed by atoms with Gasteiger partial charge in [0.05, 0.1) is 26.4 Å². The molecule has 0 fully saturated rings. The molecule has 0 bridgehead atoms. The second kappa shape index (κ2) is 69.2. The van der Waals surface area contributed by atoms with Crippen LogP contribution in [-0.4, -0.2) is 96.7 Å². The van der Waals surface area contributed by atoms with E-state index in [0.29, 0.717) is 25.7 Å². The van der Waals surface area contributed by atoms with Gasteiger partial charge in [0.15, 0.2) is 12.2 Å². The van der Waals surface area contributed by atoms with E-state index in [1.807, 2.05) is 0 Å². The van der Waals surface area contributed by atoms with Crippen molar-refractivity contribution < 1.29 is 80.2 Å². The summed E-state index contributed by atoms with van der Waals surface area (Å²) in [5, 5.41) is 10.6. The highest BCUT2D eigenvalue weighted by Crippen LogP contribution is 2.45. The van der Waals surface area contributed by atoms with Crippen molar-refractivity contribution in [1.29, 1.82) is 0 Å². The standard InChI is InChI=1S/C76H148O17P2/c1-6-9-12-15-18-21-24-25-26-27-28-29-30-31-32-33-34-36-41-47-52-57-62-76(81)93-72(66-87-74(79)60-55-50-45-42-37-38-43-48-53-58-69(4)5)68-91-95(84,85)89-64-70(77)63-88-94(82,83)90-67-71(65-86-73(78)59-54-49-44-39-23-20-17-14-11-8-3)92-75(80)61-56-51-46-40-35-22-19-16-13-10-7-2/h69-72,77H,6-68H2,1-5H3,(H,82,83)(H,84,85)/t70-,71+,72+/m0/s1. The highest BCUT2D eigenvalue weighted by molar-refractivity contribution is 7.47. The van der Waals surface area contributed by atoms with E-state index < -0.39 is 97.5 Å². The van der Waals surface area contributed by atoms with Crippen molar-refractivity contribution in [2.45, 2.75) is 419 Å². The zero-order chi connectivity index (χ0) is 69.8. The quantitative estimate of drug-likeness (QED) is 0.0222. The number of rotatable bonds is 76. The Morgan fingerprint density at radius 2 is 0.484 bits per heavy atom. The third-order valence-electron chi connectivity index (χ3n) is 17.8. The average Bonchev–Trinajstić information content (AvgIpc) is 2.04. The summed E-state index contributed by atoms with van der Waals surface area (Å²) in [7, 11) is -9.91. The Morgan fingerprint density at radius 1 is 0.284 bits per heavy atom. The topological polar surface area (TPSA) is 237 Å². The molecule has 95 heavy (non-hydrogen) atoms. The van der Waals surface area contributed by atoms with Gasteiger partial charge in [-0.15, -0.1) is 0 Å². The van der Waals surface area contributed by atoms with Crippen molar-refractivity contribution in [3.63, 3.8) is 0 Å². The molecule has 0 rings (SSSR count). The number of hydrogen-bond donors (Lipinski definition) is 3. The minimum absolute atomic E-state index is 0.107. The number of aliphatic hydroxyl groups is 1. The van der Waals surface area contributed by atoms with Crippen molar-refractivity contribution in [3.8, 4) is 0 Å². The van der Waals surface area contributed by atoms with E-state index in [1.165, 1.54) is 225 Å². The SMILES string of the molecule is CCCCCCCCCCCCCCCCCCCCCCCCC(=O)O[C@H](COC(=O)CCCCCCCCCCCC(C)C)COP(=O)(O)OC[C@@H](O)COP(=O)(O)OC[C@@H](COC(=O)CCCCCCCCCCCC)OC(=O)CCCCCCCCCCCCC.